The second kappa shape index (κ2) is 5.47. The Morgan fingerprint density at radius 3 is 2.79 bits per heavy atom. The highest BCUT2D eigenvalue weighted by Gasteiger charge is 2.12. The number of nitrogens with two attached hydrogens (primary N) is 1. The van der Waals surface area contributed by atoms with Crippen molar-refractivity contribution in [1.82, 2.24) is 4.98 Å². The Kier molecular flexibility index (Phi) is 3.93. The minimum atomic E-state index is -0.344. The van der Waals surface area contributed by atoms with Crippen LogP contribution in [0.5, 0.6) is 0 Å². The van der Waals surface area contributed by atoms with E-state index in [1.807, 2.05) is 0 Å². The molecule has 6 heteroatoms. The average Bonchev–Trinajstić information content (AvgIpc) is 2.37. The minimum Gasteiger partial charge on any atom is -0.397 e. The van der Waals surface area contributed by atoms with E-state index in [1.54, 1.807) is 31.2 Å². The van der Waals surface area contributed by atoms with Crippen molar-refractivity contribution in [3.8, 4) is 0 Å². The van der Waals surface area contributed by atoms with E-state index in [0.717, 1.165) is 5.56 Å². The summed E-state index contributed by atoms with van der Waals surface area (Å²) in [7, 11) is 0. The van der Waals surface area contributed by atoms with Crippen molar-refractivity contribution >= 4 is 40.5 Å². The first kappa shape index (κ1) is 13.6. The van der Waals surface area contributed by atoms with Crippen LogP contribution in [0.15, 0.2) is 30.5 Å². The van der Waals surface area contributed by atoms with Crippen LogP contribution < -0.4 is 11.1 Å². The summed E-state index contributed by atoms with van der Waals surface area (Å²) in [4.78, 5) is 16.0. The van der Waals surface area contributed by atoms with Crippen LogP contribution in [-0.2, 0) is 0 Å². The topological polar surface area (TPSA) is 68.0 Å². The van der Waals surface area contributed by atoms with Gasteiger partial charge in [0.05, 0.1) is 28.2 Å². The zero-order valence-corrected chi connectivity index (χ0v) is 11.6. The van der Waals surface area contributed by atoms with E-state index in [2.05, 4.69) is 10.3 Å². The number of hydrogen-bond acceptors (Lipinski definition) is 3. The van der Waals surface area contributed by atoms with E-state index in [-0.39, 0.29) is 11.6 Å². The van der Waals surface area contributed by atoms with Gasteiger partial charge < -0.3 is 11.1 Å². The Morgan fingerprint density at radius 2 is 2.11 bits per heavy atom. The van der Waals surface area contributed by atoms with Crippen molar-refractivity contribution < 1.29 is 4.79 Å². The lowest BCUT2D eigenvalue weighted by Crippen LogP contribution is -2.14. The summed E-state index contributed by atoms with van der Waals surface area (Å²) in [5.74, 6) is -0.344. The molecule has 1 amide bonds. The summed E-state index contributed by atoms with van der Waals surface area (Å²) in [6.07, 6.45) is 1.48. The molecule has 2 rings (SSSR count). The summed E-state index contributed by atoms with van der Waals surface area (Å²) in [5, 5.41) is 3.44. The van der Waals surface area contributed by atoms with E-state index >= 15 is 0 Å². The smallest absolute Gasteiger partial charge is 0.257 e. The van der Waals surface area contributed by atoms with Gasteiger partial charge in [0, 0.05) is 0 Å². The standard InChI is InChI=1S/C13H11Cl2N3O/c1-7-5-8(6-17-12(7)15)18-13(19)9-3-2-4-10(14)11(9)16/h2-6H,16H2,1H3,(H,18,19). The van der Waals surface area contributed by atoms with Crippen LogP contribution in [0.1, 0.15) is 15.9 Å². The fourth-order valence-corrected chi connectivity index (χ4v) is 1.84. The molecule has 0 bridgehead atoms. The van der Waals surface area contributed by atoms with Gasteiger partial charge in [-0.3, -0.25) is 4.79 Å². The van der Waals surface area contributed by atoms with Crippen molar-refractivity contribution in [1.29, 1.82) is 0 Å². The molecular formula is C13H11Cl2N3O. The van der Waals surface area contributed by atoms with Crippen LogP contribution in [0.2, 0.25) is 10.2 Å². The monoisotopic (exact) mass is 295 g/mol. The molecule has 19 heavy (non-hydrogen) atoms. The molecule has 0 radical (unpaired) electrons. The highest BCUT2D eigenvalue weighted by Crippen LogP contribution is 2.23. The summed E-state index contributed by atoms with van der Waals surface area (Å²) in [6, 6.07) is 6.63. The normalized spacial score (nSPS) is 10.3. The molecule has 0 atom stereocenters. The van der Waals surface area contributed by atoms with Crippen molar-refractivity contribution in [2.45, 2.75) is 6.92 Å². The lowest BCUT2D eigenvalue weighted by molar-refractivity contribution is 0.102. The second-order valence-electron chi connectivity index (χ2n) is 3.99. The Hall–Kier alpha value is -1.78. The van der Waals surface area contributed by atoms with Crippen molar-refractivity contribution in [3.63, 3.8) is 0 Å². The third-order valence-electron chi connectivity index (χ3n) is 2.57. The first-order valence-electron chi connectivity index (χ1n) is 5.46. The van der Waals surface area contributed by atoms with Crippen LogP contribution in [0.3, 0.4) is 0 Å². The Labute approximate surface area is 120 Å². The highest BCUT2D eigenvalue weighted by atomic mass is 35.5. The SMILES string of the molecule is Cc1cc(NC(=O)c2cccc(Cl)c2N)cnc1Cl. The Bertz CT molecular complexity index is 644. The van der Waals surface area contributed by atoms with Crippen LogP contribution in [0, 0.1) is 6.92 Å². The fourth-order valence-electron chi connectivity index (χ4n) is 1.56. The van der Waals surface area contributed by atoms with E-state index in [4.69, 9.17) is 28.9 Å². The molecule has 0 aliphatic carbocycles. The number of halogens is 2. The quantitative estimate of drug-likeness (QED) is 0.658. The van der Waals surface area contributed by atoms with Gasteiger partial charge in [0.2, 0.25) is 0 Å². The Morgan fingerprint density at radius 1 is 1.37 bits per heavy atom. The van der Waals surface area contributed by atoms with Gasteiger partial charge in [-0.2, -0.15) is 0 Å². The molecule has 2 aromatic rings. The van der Waals surface area contributed by atoms with Gasteiger partial charge in [-0.15, -0.1) is 0 Å². The van der Waals surface area contributed by atoms with Gasteiger partial charge in [0.15, 0.2) is 0 Å². The molecule has 3 N–H and O–H groups in total. The molecule has 0 aliphatic rings. The average molecular weight is 296 g/mol. The first-order chi connectivity index (χ1) is 8.99. The zero-order chi connectivity index (χ0) is 14.0. The number of pyridine rings is 1. The van der Waals surface area contributed by atoms with Gasteiger partial charge in [-0.25, -0.2) is 4.98 Å². The van der Waals surface area contributed by atoms with Crippen molar-refractivity contribution in [3.05, 3.63) is 51.8 Å². The number of nitrogens with zero attached hydrogens (tertiary/aromatic N) is 1. The number of nitrogens with one attached hydrogen (secondary N) is 1. The van der Waals surface area contributed by atoms with Gasteiger partial charge >= 0.3 is 0 Å². The number of para-hydroxylation sites is 1. The van der Waals surface area contributed by atoms with Crippen LogP contribution in [0.4, 0.5) is 11.4 Å². The molecule has 1 aromatic carbocycles. The number of nitrogen functional groups attached to an aromatic ring is 1. The van der Waals surface area contributed by atoms with E-state index in [1.165, 1.54) is 6.20 Å². The maximum absolute atomic E-state index is 12.1. The van der Waals surface area contributed by atoms with Gasteiger partial charge in [-0.1, -0.05) is 29.3 Å². The van der Waals surface area contributed by atoms with E-state index in [9.17, 15) is 4.79 Å². The first-order valence-corrected chi connectivity index (χ1v) is 6.22. The number of aryl methyl sites for hydroxylation is 1. The molecule has 98 valence electrons. The second-order valence-corrected chi connectivity index (χ2v) is 4.75. The molecule has 0 fully saturated rings. The van der Waals surface area contributed by atoms with E-state index < -0.39 is 0 Å². The van der Waals surface area contributed by atoms with Crippen molar-refractivity contribution in [2.24, 2.45) is 0 Å². The number of hydrogen-bond donors (Lipinski definition) is 2. The van der Waals surface area contributed by atoms with Gasteiger partial charge in [0.1, 0.15) is 5.15 Å². The maximum Gasteiger partial charge on any atom is 0.257 e. The molecule has 0 spiro atoms. The zero-order valence-electron chi connectivity index (χ0n) is 10.1. The lowest BCUT2D eigenvalue weighted by atomic mass is 10.1. The van der Waals surface area contributed by atoms with Gasteiger partial charge in [0.25, 0.3) is 5.91 Å². The third kappa shape index (κ3) is 2.97. The summed E-state index contributed by atoms with van der Waals surface area (Å²) in [6.45, 7) is 1.80. The Balaban J connectivity index is 2.26. The summed E-state index contributed by atoms with van der Waals surface area (Å²) in [5.41, 5.74) is 7.66. The predicted octanol–water partition coefficient (Wildman–Crippen LogP) is 3.53. The molecule has 0 saturated carbocycles. The molecule has 0 unspecified atom stereocenters. The number of rotatable bonds is 2. The number of anilines is 2. The molecule has 1 heterocycles. The number of amides is 1. The predicted molar refractivity (Wildman–Crippen MR) is 77.8 cm³/mol. The number of carbonyl (C=O) groups excluding carboxylic acids is 1. The molecule has 0 aliphatic heterocycles. The number of aromatic nitrogens is 1. The molecule has 4 nitrogen and oxygen atoms in total. The maximum atomic E-state index is 12.1. The van der Waals surface area contributed by atoms with Crippen LogP contribution >= 0.6 is 23.2 Å². The molecule has 1 aromatic heterocycles. The minimum absolute atomic E-state index is 0.250. The van der Waals surface area contributed by atoms with Crippen molar-refractivity contribution in [2.75, 3.05) is 11.1 Å². The lowest BCUT2D eigenvalue weighted by Gasteiger charge is -2.09. The van der Waals surface area contributed by atoms with Crippen LogP contribution in [-0.4, -0.2) is 10.9 Å². The van der Waals surface area contributed by atoms with E-state index in [0.29, 0.717) is 21.4 Å². The van der Waals surface area contributed by atoms with Crippen LogP contribution in [0.25, 0.3) is 0 Å². The molecule has 0 saturated heterocycles. The largest absolute Gasteiger partial charge is 0.397 e. The third-order valence-corrected chi connectivity index (χ3v) is 3.30. The number of carbonyl (C=O) groups is 1. The molecular weight excluding hydrogens is 285 g/mol. The summed E-state index contributed by atoms with van der Waals surface area (Å²) < 4.78 is 0. The summed E-state index contributed by atoms with van der Waals surface area (Å²) >= 11 is 11.7. The fraction of sp³-hybridized carbons (Fsp3) is 0.0769. The highest BCUT2D eigenvalue weighted by molar-refractivity contribution is 6.34. The van der Waals surface area contributed by atoms with Gasteiger partial charge in [-0.05, 0) is 30.7 Å². The number of benzene rings is 1.